The fraction of sp³-hybridized carbons (Fsp3) is 0.312. The van der Waals surface area contributed by atoms with E-state index in [4.69, 9.17) is 4.74 Å². The van der Waals surface area contributed by atoms with Gasteiger partial charge in [0.1, 0.15) is 6.10 Å². The first kappa shape index (κ1) is 11.3. The molecule has 0 N–H and O–H groups in total. The quantitative estimate of drug-likeness (QED) is 0.585. The Kier molecular flexibility index (Phi) is 3.01. The molecule has 1 heterocycles. The predicted octanol–water partition coefficient (Wildman–Crippen LogP) is 3.35. The highest BCUT2D eigenvalue weighted by molar-refractivity contribution is 6.18. The maximum atomic E-state index is 11.9. The van der Waals surface area contributed by atoms with Crippen LogP contribution < -0.4 is 0 Å². The molecule has 0 amide bonds. The fourth-order valence-electron chi connectivity index (χ4n) is 2.61. The van der Waals surface area contributed by atoms with Crippen LogP contribution in [0.5, 0.6) is 0 Å². The van der Waals surface area contributed by atoms with Crippen molar-refractivity contribution in [3.8, 4) is 0 Å². The minimum Gasteiger partial charge on any atom is -0.454 e. The summed E-state index contributed by atoms with van der Waals surface area (Å²) in [5.41, 5.74) is 1.66. The molecule has 18 heavy (non-hydrogen) atoms. The molecule has 2 atom stereocenters. The number of cyclic esters (lactones) is 1. The highest BCUT2D eigenvalue weighted by Crippen LogP contribution is 2.31. The number of hydrogen-bond acceptors (Lipinski definition) is 2. The van der Waals surface area contributed by atoms with Gasteiger partial charge in [-0.3, -0.25) is 0 Å². The van der Waals surface area contributed by atoms with Crippen molar-refractivity contribution in [1.82, 2.24) is 0 Å². The van der Waals surface area contributed by atoms with E-state index in [1.54, 1.807) is 0 Å². The summed E-state index contributed by atoms with van der Waals surface area (Å²) in [7, 11) is 0. The third-order valence-electron chi connectivity index (χ3n) is 3.59. The van der Waals surface area contributed by atoms with Crippen LogP contribution in [0, 0.1) is 5.92 Å². The molecule has 0 saturated carbocycles. The molecular weight excluding hydrogens is 224 g/mol. The second-order valence-corrected chi connectivity index (χ2v) is 4.84. The van der Waals surface area contributed by atoms with Crippen LogP contribution in [0.15, 0.2) is 48.6 Å². The Bertz CT molecular complexity index is 499. The first-order valence-corrected chi connectivity index (χ1v) is 6.49. The first-order valence-electron chi connectivity index (χ1n) is 6.49. The summed E-state index contributed by atoms with van der Waals surface area (Å²) in [5, 5.41) is 0. The molecule has 1 aliphatic heterocycles. The summed E-state index contributed by atoms with van der Waals surface area (Å²) in [4.78, 5) is 11.9. The summed E-state index contributed by atoms with van der Waals surface area (Å²) in [5.74, 6) is 0.161. The molecule has 2 aliphatic rings. The van der Waals surface area contributed by atoms with Crippen LogP contribution in [-0.2, 0) is 9.53 Å². The van der Waals surface area contributed by atoms with E-state index < -0.39 is 0 Å². The molecule has 2 heteroatoms. The minimum absolute atomic E-state index is 0.0794. The largest absolute Gasteiger partial charge is 0.454 e. The summed E-state index contributed by atoms with van der Waals surface area (Å²) < 4.78 is 5.49. The van der Waals surface area contributed by atoms with Crippen LogP contribution in [0.25, 0.3) is 5.57 Å². The van der Waals surface area contributed by atoms with Gasteiger partial charge < -0.3 is 4.74 Å². The molecule has 0 aromatic heterocycles. The Morgan fingerprint density at radius 3 is 2.72 bits per heavy atom. The zero-order valence-electron chi connectivity index (χ0n) is 10.2. The number of carbonyl (C=O) groups is 1. The molecule has 3 rings (SSSR count). The van der Waals surface area contributed by atoms with Crippen LogP contribution >= 0.6 is 0 Å². The molecule has 0 bridgehead atoms. The normalized spacial score (nSPS) is 26.9. The maximum Gasteiger partial charge on any atom is 0.339 e. The zero-order valence-corrected chi connectivity index (χ0v) is 10.2. The molecule has 0 spiro atoms. The molecule has 0 unspecified atom stereocenters. The highest BCUT2D eigenvalue weighted by Gasteiger charge is 2.31. The van der Waals surface area contributed by atoms with Gasteiger partial charge in [0.2, 0.25) is 0 Å². The van der Waals surface area contributed by atoms with Gasteiger partial charge in [0.05, 0.1) is 5.57 Å². The molecule has 2 nitrogen and oxygen atoms in total. The highest BCUT2D eigenvalue weighted by atomic mass is 16.5. The van der Waals surface area contributed by atoms with E-state index in [9.17, 15) is 4.79 Å². The molecule has 0 radical (unpaired) electrons. The average Bonchev–Trinajstić information content (AvgIpc) is 2.83. The van der Waals surface area contributed by atoms with Crippen molar-refractivity contribution in [2.45, 2.75) is 25.4 Å². The van der Waals surface area contributed by atoms with E-state index in [-0.39, 0.29) is 12.1 Å². The van der Waals surface area contributed by atoms with Crippen LogP contribution in [-0.4, -0.2) is 12.1 Å². The summed E-state index contributed by atoms with van der Waals surface area (Å²) in [6.45, 7) is 0. The fourth-order valence-corrected chi connectivity index (χ4v) is 2.61. The van der Waals surface area contributed by atoms with E-state index in [2.05, 4.69) is 12.2 Å². The van der Waals surface area contributed by atoms with Crippen molar-refractivity contribution >= 4 is 11.5 Å². The van der Waals surface area contributed by atoms with E-state index in [0.29, 0.717) is 11.5 Å². The van der Waals surface area contributed by atoms with Gasteiger partial charge in [-0.25, -0.2) is 4.79 Å². The second kappa shape index (κ2) is 4.81. The summed E-state index contributed by atoms with van der Waals surface area (Å²) in [6, 6.07) is 9.73. The maximum absolute atomic E-state index is 11.9. The van der Waals surface area contributed by atoms with Gasteiger partial charge in [-0.1, -0.05) is 42.5 Å². The minimum atomic E-state index is -0.190. The molecule has 0 fully saturated rings. The van der Waals surface area contributed by atoms with Crippen LogP contribution in [0.2, 0.25) is 0 Å². The van der Waals surface area contributed by atoms with Gasteiger partial charge in [0.15, 0.2) is 0 Å². The predicted molar refractivity (Wildman–Crippen MR) is 70.8 cm³/mol. The van der Waals surface area contributed by atoms with Crippen LogP contribution in [0.1, 0.15) is 24.8 Å². The van der Waals surface area contributed by atoms with Gasteiger partial charge in [0, 0.05) is 5.92 Å². The van der Waals surface area contributed by atoms with Gasteiger partial charge in [-0.2, -0.15) is 0 Å². The van der Waals surface area contributed by atoms with Crippen molar-refractivity contribution in [3.63, 3.8) is 0 Å². The Balaban J connectivity index is 1.85. The lowest BCUT2D eigenvalue weighted by Gasteiger charge is -2.20. The third kappa shape index (κ3) is 2.10. The van der Waals surface area contributed by atoms with Crippen molar-refractivity contribution in [2.75, 3.05) is 0 Å². The number of esters is 1. The monoisotopic (exact) mass is 240 g/mol. The van der Waals surface area contributed by atoms with Crippen LogP contribution in [0.4, 0.5) is 0 Å². The van der Waals surface area contributed by atoms with Crippen molar-refractivity contribution in [3.05, 3.63) is 54.1 Å². The van der Waals surface area contributed by atoms with E-state index >= 15 is 0 Å². The number of hydrogen-bond donors (Lipinski definition) is 0. The number of allylic oxidation sites excluding steroid dienone is 1. The van der Waals surface area contributed by atoms with E-state index in [1.165, 1.54) is 6.42 Å². The summed E-state index contributed by atoms with van der Waals surface area (Å²) >= 11 is 0. The third-order valence-corrected chi connectivity index (χ3v) is 3.59. The van der Waals surface area contributed by atoms with Gasteiger partial charge in [-0.05, 0) is 30.9 Å². The Morgan fingerprint density at radius 2 is 2.00 bits per heavy atom. The molecule has 1 aromatic rings. The molecule has 0 saturated heterocycles. The Labute approximate surface area is 107 Å². The van der Waals surface area contributed by atoms with Crippen molar-refractivity contribution in [2.24, 2.45) is 5.92 Å². The lowest BCUT2D eigenvalue weighted by atomic mass is 9.90. The molecule has 1 aromatic carbocycles. The van der Waals surface area contributed by atoms with Crippen molar-refractivity contribution in [1.29, 1.82) is 0 Å². The standard InChI is InChI=1S/C16H16O2/c17-16-14(12-7-3-1-4-8-12)11-15(18-16)13-9-5-2-6-10-13/h1,3-5,7-9,11,13,15H,2,6,10H2/t13-,15+/m1/s1. The first-order chi connectivity index (χ1) is 8.84. The topological polar surface area (TPSA) is 26.3 Å². The van der Waals surface area contributed by atoms with Gasteiger partial charge in [0.25, 0.3) is 0 Å². The van der Waals surface area contributed by atoms with Crippen LogP contribution in [0.3, 0.4) is 0 Å². The second-order valence-electron chi connectivity index (χ2n) is 4.84. The lowest BCUT2D eigenvalue weighted by Crippen LogP contribution is -2.20. The number of carbonyl (C=O) groups excluding carboxylic acids is 1. The number of rotatable bonds is 2. The van der Waals surface area contributed by atoms with Crippen molar-refractivity contribution < 1.29 is 9.53 Å². The van der Waals surface area contributed by atoms with Gasteiger partial charge >= 0.3 is 5.97 Å². The zero-order chi connectivity index (χ0) is 12.4. The van der Waals surface area contributed by atoms with Gasteiger partial charge in [-0.15, -0.1) is 0 Å². The Hall–Kier alpha value is -1.83. The number of benzene rings is 1. The average molecular weight is 240 g/mol. The lowest BCUT2D eigenvalue weighted by molar-refractivity contribution is -0.139. The molecule has 1 aliphatic carbocycles. The smallest absolute Gasteiger partial charge is 0.339 e. The number of ether oxygens (including phenoxy) is 1. The van der Waals surface area contributed by atoms with E-state index in [0.717, 1.165) is 18.4 Å². The molecule has 92 valence electrons. The SMILES string of the molecule is O=C1O[C@H]([C@@H]2C=CCCC2)C=C1c1ccccc1. The van der Waals surface area contributed by atoms with E-state index in [1.807, 2.05) is 36.4 Å². The molecular formula is C16H16O2. The summed E-state index contributed by atoms with van der Waals surface area (Å²) in [6.07, 6.45) is 9.72. The Morgan fingerprint density at radius 1 is 1.17 bits per heavy atom.